The molecule has 0 spiro atoms. The third kappa shape index (κ3) is 10.6. The summed E-state index contributed by atoms with van der Waals surface area (Å²) in [5, 5.41) is 0. The number of urea groups is 1. The first-order valence-corrected chi connectivity index (χ1v) is 12.0. The molecule has 2 aromatic rings. The van der Waals surface area contributed by atoms with Gasteiger partial charge >= 0.3 is 6.03 Å². The van der Waals surface area contributed by atoms with E-state index in [0.717, 1.165) is 13.0 Å². The molecular formula is C28H43ArN3O. The van der Waals surface area contributed by atoms with E-state index in [0.29, 0.717) is 19.1 Å². The molecule has 2 amide bonds. The van der Waals surface area contributed by atoms with Gasteiger partial charge in [-0.15, -0.1) is 6.58 Å². The van der Waals surface area contributed by atoms with Crippen molar-refractivity contribution in [2.75, 3.05) is 26.7 Å². The Morgan fingerprint density at radius 1 is 1.00 bits per heavy atom. The molecule has 1 saturated carbocycles. The molecule has 0 aromatic heterocycles. The molecule has 0 bridgehead atoms. The molecule has 5 heteroatoms. The molecule has 1 aliphatic rings. The van der Waals surface area contributed by atoms with E-state index >= 15 is 0 Å². The Morgan fingerprint density at radius 2 is 1.48 bits per heavy atom. The number of hydrogen-bond acceptors (Lipinski definition) is 2. The summed E-state index contributed by atoms with van der Waals surface area (Å²) in [4.78, 5) is 16.3. The topological polar surface area (TPSA) is 49.6 Å². The van der Waals surface area contributed by atoms with Crippen molar-refractivity contribution in [1.29, 1.82) is 0 Å². The number of carbonyl (C=O) groups excluding carboxylic acids is 1. The van der Waals surface area contributed by atoms with Crippen LogP contribution in [0.25, 0.3) is 0 Å². The first-order valence-electron chi connectivity index (χ1n) is 12.0. The number of hydrogen-bond donors (Lipinski definition) is 1. The Morgan fingerprint density at radius 3 is 1.94 bits per heavy atom. The van der Waals surface area contributed by atoms with E-state index in [2.05, 4.69) is 67.1 Å². The molecule has 0 unspecified atom stereocenters. The van der Waals surface area contributed by atoms with Crippen molar-refractivity contribution in [1.82, 2.24) is 9.80 Å². The molecule has 0 aliphatic heterocycles. The van der Waals surface area contributed by atoms with E-state index in [4.69, 9.17) is 5.73 Å². The number of likely N-dealkylation sites (N-methyl/N-ethyl adjacent to an activating group) is 1. The number of allylic oxidation sites excluding steroid dienone is 1. The van der Waals surface area contributed by atoms with Crippen molar-refractivity contribution in [2.45, 2.75) is 57.4 Å². The van der Waals surface area contributed by atoms with Crippen molar-refractivity contribution < 1.29 is 44.0 Å². The van der Waals surface area contributed by atoms with Gasteiger partial charge in [0.1, 0.15) is 0 Å². The fourth-order valence-corrected chi connectivity index (χ4v) is 4.50. The summed E-state index contributed by atoms with van der Waals surface area (Å²) in [7, 11) is 2.19. The van der Waals surface area contributed by atoms with Crippen LogP contribution in [0, 0.1) is 37.7 Å². The van der Waals surface area contributed by atoms with E-state index in [9.17, 15) is 4.79 Å². The fraction of sp³-hybridized carbons (Fsp3) is 0.464. The third-order valence-corrected chi connectivity index (χ3v) is 6.32. The summed E-state index contributed by atoms with van der Waals surface area (Å²) in [6, 6.07) is 21.4. The van der Waals surface area contributed by atoms with Crippen LogP contribution in [0.15, 0.2) is 73.3 Å². The van der Waals surface area contributed by atoms with Gasteiger partial charge in [-0.05, 0) is 44.4 Å². The standard InChI is InChI=1S/C25H35N3O.C3H6.Ar.H2/c1-27(23-15-9-4-10-16-23)19-20-28(25(26)29)18-17-24(21-11-5-2-6-12-21)22-13-7-3-8-14-22;1-3-2;;/h2-3,5-8,11-14,23-24H,4,9-10,15-20H2,1H3,(H2,26,29);3H,1H2,2H3;;1H. The predicted octanol–water partition coefficient (Wildman–Crippen LogP) is 6.29. The molecule has 1 aliphatic carbocycles. The van der Waals surface area contributed by atoms with Crippen LogP contribution >= 0.6 is 0 Å². The summed E-state index contributed by atoms with van der Waals surface area (Å²) in [5.74, 6) is 0.260. The van der Waals surface area contributed by atoms with E-state index in [1.807, 2.05) is 24.0 Å². The quantitative estimate of drug-likeness (QED) is 0.432. The van der Waals surface area contributed by atoms with Crippen molar-refractivity contribution in [2.24, 2.45) is 5.73 Å². The van der Waals surface area contributed by atoms with Gasteiger partial charge in [-0.3, -0.25) is 0 Å². The maximum Gasteiger partial charge on any atom is 0.314 e. The first-order chi connectivity index (χ1) is 15.6. The van der Waals surface area contributed by atoms with Crippen LogP contribution in [-0.4, -0.2) is 48.6 Å². The maximum atomic E-state index is 12.1. The summed E-state index contributed by atoms with van der Waals surface area (Å²) < 4.78 is 0. The average molecular weight is 478 g/mol. The van der Waals surface area contributed by atoms with Crippen LogP contribution in [0.2, 0.25) is 0 Å². The summed E-state index contributed by atoms with van der Waals surface area (Å²) in [5.41, 5.74) is 8.29. The zero-order valence-corrected chi connectivity index (χ0v) is 21.0. The van der Waals surface area contributed by atoms with Crippen LogP contribution in [0.5, 0.6) is 0 Å². The normalized spacial score (nSPS) is 13.6. The maximum absolute atomic E-state index is 12.1. The molecule has 0 heterocycles. The van der Waals surface area contributed by atoms with Gasteiger partial charge in [0.25, 0.3) is 0 Å². The average Bonchev–Trinajstić information content (AvgIpc) is 2.83. The van der Waals surface area contributed by atoms with Crippen molar-refractivity contribution in [3.63, 3.8) is 0 Å². The van der Waals surface area contributed by atoms with Gasteiger partial charge in [0.2, 0.25) is 0 Å². The second kappa shape index (κ2) is 17.2. The number of amides is 2. The smallest absolute Gasteiger partial charge is 0.314 e. The van der Waals surface area contributed by atoms with Crippen LogP contribution in [0.4, 0.5) is 4.79 Å². The zero-order valence-electron chi connectivity index (χ0n) is 20.3. The first kappa shape index (κ1) is 29.7. The number of nitrogens with two attached hydrogens (primary N) is 1. The van der Waals surface area contributed by atoms with Gasteiger partial charge in [-0.1, -0.05) is 86.0 Å². The van der Waals surface area contributed by atoms with Gasteiger partial charge < -0.3 is 15.5 Å². The minimum Gasteiger partial charge on any atom is -0.351 e. The molecule has 0 atom stereocenters. The van der Waals surface area contributed by atoms with Gasteiger partial charge in [0.05, 0.1) is 0 Å². The van der Waals surface area contributed by atoms with E-state index in [1.165, 1.54) is 43.2 Å². The molecule has 33 heavy (non-hydrogen) atoms. The Bertz CT molecular complexity index is 745. The monoisotopic (exact) mass is 477 g/mol. The van der Waals surface area contributed by atoms with Crippen LogP contribution in [-0.2, 0) is 0 Å². The van der Waals surface area contributed by atoms with Crippen LogP contribution in [0.1, 0.15) is 63.9 Å². The second-order valence-corrected chi connectivity index (χ2v) is 8.67. The molecule has 1 fully saturated rings. The van der Waals surface area contributed by atoms with Gasteiger partial charge in [0.15, 0.2) is 0 Å². The predicted molar refractivity (Wildman–Crippen MR) is 138 cm³/mol. The second-order valence-electron chi connectivity index (χ2n) is 8.67. The van der Waals surface area contributed by atoms with E-state index < -0.39 is 0 Å². The SMILES string of the molecule is C=CC.CN(CCN(CCC(c1ccccc1)c1ccccc1)C(N)=O)C1CCCCC1.[Ar].[HH]. The summed E-state index contributed by atoms with van der Waals surface area (Å²) >= 11 is 0. The Balaban J connectivity index is 0.00000207. The van der Waals surface area contributed by atoms with Crippen LogP contribution < -0.4 is 5.73 Å². The zero-order chi connectivity index (χ0) is 23.2. The van der Waals surface area contributed by atoms with Gasteiger partial charge in [0, 0.05) is 70.8 Å². The fourth-order valence-electron chi connectivity index (χ4n) is 4.50. The van der Waals surface area contributed by atoms with Crippen LogP contribution in [0.3, 0.4) is 0 Å². The third-order valence-electron chi connectivity index (χ3n) is 6.32. The Hall–Kier alpha value is -1.33. The molecular weight excluding hydrogens is 434 g/mol. The van der Waals surface area contributed by atoms with Crippen molar-refractivity contribution in [3.8, 4) is 0 Å². The Kier molecular flexibility index (Phi) is 15.4. The minimum absolute atomic E-state index is 0. The minimum atomic E-state index is -0.318. The van der Waals surface area contributed by atoms with Gasteiger partial charge in [-0.25, -0.2) is 4.79 Å². The number of primary amides is 1. The Labute approximate surface area is 232 Å². The van der Waals surface area contributed by atoms with Crippen molar-refractivity contribution in [3.05, 3.63) is 84.4 Å². The number of benzene rings is 2. The molecule has 4 nitrogen and oxygen atoms in total. The number of rotatable bonds is 9. The van der Waals surface area contributed by atoms with Crippen molar-refractivity contribution >= 4 is 6.03 Å². The molecule has 0 radical (unpaired) electrons. The number of nitrogens with zero attached hydrogens (tertiary/aromatic N) is 2. The van der Waals surface area contributed by atoms with E-state index in [1.54, 1.807) is 6.08 Å². The summed E-state index contributed by atoms with van der Waals surface area (Å²) in [6.07, 6.45) is 9.17. The molecule has 184 valence electrons. The molecule has 2 aromatic carbocycles. The molecule has 0 saturated heterocycles. The molecule has 3 rings (SSSR count). The molecule has 2 N–H and O–H groups in total. The summed E-state index contributed by atoms with van der Waals surface area (Å²) in [6.45, 7) is 7.50. The number of carbonyl (C=O) groups is 1. The van der Waals surface area contributed by atoms with Gasteiger partial charge in [-0.2, -0.15) is 0 Å². The van der Waals surface area contributed by atoms with E-state index in [-0.39, 0.29) is 51.1 Å². The largest absolute Gasteiger partial charge is 0.351 e.